The van der Waals surface area contributed by atoms with Crippen molar-refractivity contribution in [3.8, 4) is 0 Å². The molecule has 3 aliphatic rings. The number of para-hydroxylation sites is 1. The van der Waals surface area contributed by atoms with Crippen LogP contribution in [0, 0.1) is 11.8 Å². The molecular weight excluding hydrogens is 466 g/mol. The van der Waals surface area contributed by atoms with Gasteiger partial charge in [0, 0.05) is 56.5 Å². The fourth-order valence-corrected chi connectivity index (χ4v) is 6.72. The number of piperazine rings is 1. The zero-order chi connectivity index (χ0) is 25.1. The first-order valence-corrected chi connectivity index (χ1v) is 14.4. The van der Waals surface area contributed by atoms with E-state index in [-0.39, 0.29) is 5.41 Å². The fourth-order valence-electron chi connectivity index (χ4n) is 6.59. The molecule has 2 aromatic carbocycles. The highest BCUT2D eigenvalue weighted by Crippen LogP contribution is 2.46. The molecule has 0 bridgehead atoms. The van der Waals surface area contributed by atoms with Crippen molar-refractivity contribution in [1.82, 2.24) is 9.80 Å². The van der Waals surface area contributed by atoms with Crippen LogP contribution in [-0.2, 0) is 16.6 Å². The Labute approximate surface area is 222 Å². The number of amides is 1. The molecule has 2 aromatic rings. The highest BCUT2D eigenvalue weighted by Gasteiger charge is 2.48. The lowest BCUT2D eigenvalue weighted by atomic mass is 9.63. The number of halogens is 1. The van der Waals surface area contributed by atoms with Gasteiger partial charge in [0.05, 0.1) is 5.41 Å². The van der Waals surface area contributed by atoms with Gasteiger partial charge in [-0.1, -0.05) is 62.2 Å². The summed E-state index contributed by atoms with van der Waals surface area (Å²) in [6, 6.07) is 17.0. The number of carbonyl (C=O) groups is 1. The molecule has 36 heavy (non-hydrogen) atoms. The van der Waals surface area contributed by atoms with E-state index in [9.17, 15) is 4.79 Å². The van der Waals surface area contributed by atoms with Gasteiger partial charge in [0.2, 0.25) is 5.91 Å². The maximum Gasteiger partial charge on any atom is 0.233 e. The minimum atomic E-state index is -0.318. The summed E-state index contributed by atoms with van der Waals surface area (Å²) < 4.78 is 0. The molecule has 5 heteroatoms. The molecule has 0 radical (unpaired) electrons. The van der Waals surface area contributed by atoms with Crippen LogP contribution < -0.4 is 4.90 Å². The second-order valence-corrected chi connectivity index (χ2v) is 12.2. The van der Waals surface area contributed by atoms with E-state index in [4.69, 9.17) is 11.6 Å². The molecule has 0 spiro atoms. The number of hydrogen-bond acceptors (Lipinski definition) is 3. The topological polar surface area (TPSA) is 26.8 Å². The van der Waals surface area contributed by atoms with Crippen LogP contribution in [0.5, 0.6) is 0 Å². The Kier molecular flexibility index (Phi) is 7.93. The first kappa shape index (κ1) is 25.6. The molecule has 1 unspecified atom stereocenters. The molecule has 3 fully saturated rings. The molecule has 1 saturated carbocycles. The molecule has 194 valence electrons. The molecule has 1 aliphatic carbocycles. The predicted molar refractivity (Wildman–Crippen MR) is 150 cm³/mol. The van der Waals surface area contributed by atoms with Crippen molar-refractivity contribution in [2.45, 2.75) is 57.8 Å². The smallest absolute Gasteiger partial charge is 0.233 e. The second kappa shape index (κ2) is 11.1. The van der Waals surface area contributed by atoms with Gasteiger partial charge < -0.3 is 9.80 Å². The van der Waals surface area contributed by atoms with Crippen molar-refractivity contribution in [3.05, 3.63) is 64.7 Å². The predicted octanol–water partition coefficient (Wildman–Crippen LogP) is 6.02. The van der Waals surface area contributed by atoms with E-state index in [1.165, 1.54) is 17.7 Å². The molecule has 2 heterocycles. The summed E-state index contributed by atoms with van der Waals surface area (Å²) in [4.78, 5) is 21.2. The van der Waals surface area contributed by atoms with Crippen LogP contribution in [0.25, 0.3) is 0 Å². The van der Waals surface area contributed by atoms with E-state index in [0.29, 0.717) is 17.7 Å². The van der Waals surface area contributed by atoms with Crippen molar-refractivity contribution in [2.24, 2.45) is 11.8 Å². The quantitative estimate of drug-likeness (QED) is 0.458. The van der Waals surface area contributed by atoms with Gasteiger partial charge >= 0.3 is 0 Å². The monoisotopic (exact) mass is 507 g/mol. The zero-order valence-electron chi connectivity index (χ0n) is 22.1. The maximum atomic E-state index is 13.8. The maximum absolute atomic E-state index is 13.8. The Morgan fingerprint density at radius 3 is 2.36 bits per heavy atom. The lowest BCUT2D eigenvalue weighted by Crippen LogP contribution is -2.55. The molecule has 4 nitrogen and oxygen atoms in total. The Balaban J connectivity index is 1.17. The molecule has 1 atom stereocenters. The first-order valence-electron chi connectivity index (χ1n) is 14.1. The van der Waals surface area contributed by atoms with Gasteiger partial charge in [-0.05, 0) is 73.3 Å². The van der Waals surface area contributed by atoms with Gasteiger partial charge in [0.15, 0.2) is 0 Å². The number of hydrogen-bond donors (Lipinski definition) is 0. The molecule has 2 saturated heterocycles. The van der Waals surface area contributed by atoms with Crippen LogP contribution in [0.3, 0.4) is 0 Å². The molecule has 0 aromatic heterocycles. The third-order valence-electron chi connectivity index (χ3n) is 8.67. The van der Waals surface area contributed by atoms with Crippen LogP contribution >= 0.6 is 11.6 Å². The molecular formula is C31H42ClN3O. The number of likely N-dealkylation sites (tertiary alicyclic amines) is 1. The third-order valence-corrected chi connectivity index (χ3v) is 8.92. The van der Waals surface area contributed by atoms with E-state index in [0.717, 1.165) is 88.5 Å². The lowest BCUT2D eigenvalue weighted by molar-refractivity contribution is -0.143. The average molecular weight is 508 g/mol. The second-order valence-electron chi connectivity index (χ2n) is 11.7. The SMILES string of the molecule is CC(C)Cc1ccccc1N1CCN(CC2CCCN(C(=O)C3(c4ccc(Cl)cc4)CCC3)C2)CC1. The normalized spacial score (nSPS) is 22.5. The van der Waals surface area contributed by atoms with Gasteiger partial charge in [0.1, 0.15) is 0 Å². The van der Waals surface area contributed by atoms with Crippen LogP contribution in [0.15, 0.2) is 48.5 Å². The number of nitrogens with zero attached hydrogens (tertiary/aromatic N) is 3. The lowest BCUT2D eigenvalue weighted by Gasteiger charge is -2.46. The van der Waals surface area contributed by atoms with Crippen molar-refractivity contribution < 1.29 is 4.79 Å². The summed E-state index contributed by atoms with van der Waals surface area (Å²) in [5.74, 6) is 1.60. The summed E-state index contributed by atoms with van der Waals surface area (Å²) in [7, 11) is 0. The van der Waals surface area contributed by atoms with E-state index in [1.807, 2.05) is 12.1 Å². The van der Waals surface area contributed by atoms with Crippen molar-refractivity contribution in [3.63, 3.8) is 0 Å². The van der Waals surface area contributed by atoms with E-state index >= 15 is 0 Å². The summed E-state index contributed by atoms with van der Waals surface area (Å²) in [5.41, 5.74) is 3.74. The Bertz CT molecular complexity index is 1020. The summed E-state index contributed by atoms with van der Waals surface area (Å²) in [6.45, 7) is 11.9. The minimum absolute atomic E-state index is 0.318. The Morgan fingerprint density at radius 2 is 1.69 bits per heavy atom. The molecule has 1 amide bonds. The van der Waals surface area contributed by atoms with E-state index < -0.39 is 0 Å². The number of benzene rings is 2. The van der Waals surface area contributed by atoms with Crippen LogP contribution in [0.1, 0.15) is 57.1 Å². The van der Waals surface area contributed by atoms with Crippen molar-refractivity contribution >= 4 is 23.2 Å². The summed E-state index contributed by atoms with van der Waals surface area (Å²) >= 11 is 6.13. The number of anilines is 1. The minimum Gasteiger partial charge on any atom is -0.369 e. The number of rotatable bonds is 7. The summed E-state index contributed by atoms with van der Waals surface area (Å²) in [5, 5.41) is 0.738. The molecule has 2 aliphatic heterocycles. The Morgan fingerprint density at radius 1 is 0.972 bits per heavy atom. The fraction of sp³-hybridized carbons (Fsp3) is 0.581. The van der Waals surface area contributed by atoms with Gasteiger partial charge in [-0.2, -0.15) is 0 Å². The summed E-state index contributed by atoms with van der Waals surface area (Å²) in [6.07, 6.45) is 6.56. The third kappa shape index (κ3) is 5.45. The zero-order valence-corrected chi connectivity index (χ0v) is 22.8. The largest absolute Gasteiger partial charge is 0.369 e. The number of carbonyl (C=O) groups excluding carboxylic acids is 1. The standard InChI is InChI=1S/C31H42ClN3O/c1-24(2)21-26-8-3-4-9-29(26)34-19-17-33(18-20-34)22-25-7-5-16-35(23-25)30(36)31(14-6-15-31)27-10-12-28(32)13-11-27/h3-4,8-13,24-25H,5-7,14-23H2,1-2H3. The van der Waals surface area contributed by atoms with Gasteiger partial charge in [0.25, 0.3) is 0 Å². The van der Waals surface area contributed by atoms with E-state index in [1.54, 1.807) is 0 Å². The van der Waals surface area contributed by atoms with Crippen LogP contribution in [0.4, 0.5) is 5.69 Å². The molecule has 5 rings (SSSR count). The Hall–Kier alpha value is -2.04. The highest BCUT2D eigenvalue weighted by atomic mass is 35.5. The number of piperidine rings is 1. The van der Waals surface area contributed by atoms with Crippen molar-refractivity contribution in [1.29, 1.82) is 0 Å². The first-order chi connectivity index (χ1) is 17.4. The van der Waals surface area contributed by atoms with Crippen LogP contribution in [-0.4, -0.2) is 61.5 Å². The van der Waals surface area contributed by atoms with Gasteiger partial charge in [-0.15, -0.1) is 0 Å². The van der Waals surface area contributed by atoms with Gasteiger partial charge in [-0.3, -0.25) is 9.69 Å². The van der Waals surface area contributed by atoms with E-state index in [2.05, 4.69) is 64.9 Å². The average Bonchev–Trinajstić information content (AvgIpc) is 2.85. The molecule has 0 N–H and O–H groups in total. The van der Waals surface area contributed by atoms with Crippen molar-refractivity contribution in [2.75, 3.05) is 50.7 Å². The van der Waals surface area contributed by atoms with Gasteiger partial charge in [-0.25, -0.2) is 0 Å². The van der Waals surface area contributed by atoms with Crippen LogP contribution in [0.2, 0.25) is 5.02 Å². The highest BCUT2D eigenvalue weighted by molar-refractivity contribution is 6.30.